The summed E-state index contributed by atoms with van der Waals surface area (Å²) < 4.78 is 16.7. The fraction of sp³-hybridized carbons (Fsp3) is 0.226. The SMILES string of the molecule is CCOC(=O)C1(c2ccc(-c3ccc(-c4onc(C)c4C(O)c4nnc(-c5ccccc5)o4)cc3)cc2)CC1. The van der Waals surface area contributed by atoms with E-state index in [1.54, 1.807) is 6.92 Å². The molecule has 39 heavy (non-hydrogen) atoms. The molecule has 5 aromatic rings. The Labute approximate surface area is 225 Å². The van der Waals surface area contributed by atoms with Gasteiger partial charge in [-0.1, -0.05) is 71.9 Å². The Morgan fingerprint density at radius 3 is 2.21 bits per heavy atom. The average molecular weight is 522 g/mol. The Bertz CT molecular complexity index is 1600. The molecule has 1 N–H and O–H groups in total. The maximum Gasteiger partial charge on any atom is 0.316 e. The van der Waals surface area contributed by atoms with Crippen molar-refractivity contribution >= 4 is 5.97 Å². The standard InChI is InChI=1S/C31H27N3O5/c1-3-37-30(36)31(17-18-31)24-15-13-21(14-16-24)20-9-11-22(12-10-20)27-25(19(2)34-39-27)26(35)29-33-32-28(38-29)23-7-5-4-6-8-23/h4-16,26,35H,3,17-18H2,1-2H3. The molecule has 0 saturated heterocycles. The Kier molecular flexibility index (Phi) is 6.32. The molecule has 0 aliphatic heterocycles. The second-order valence-electron chi connectivity index (χ2n) is 9.68. The summed E-state index contributed by atoms with van der Waals surface area (Å²) >= 11 is 0. The number of hydrogen-bond donors (Lipinski definition) is 1. The van der Waals surface area contributed by atoms with Crippen molar-refractivity contribution in [1.29, 1.82) is 0 Å². The molecule has 2 aromatic heterocycles. The molecule has 1 atom stereocenters. The largest absolute Gasteiger partial charge is 0.465 e. The first-order valence-corrected chi connectivity index (χ1v) is 12.9. The monoisotopic (exact) mass is 521 g/mol. The summed E-state index contributed by atoms with van der Waals surface area (Å²) in [6.45, 7) is 3.98. The van der Waals surface area contributed by atoms with Crippen LogP contribution in [-0.4, -0.2) is 33.0 Å². The van der Waals surface area contributed by atoms with E-state index in [0.717, 1.165) is 40.7 Å². The summed E-state index contributed by atoms with van der Waals surface area (Å²) in [7, 11) is 0. The van der Waals surface area contributed by atoms with E-state index < -0.39 is 11.5 Å². The Balaban J connectivity index is 1.23. The third-order valence-electron chi connectivity index (χ3n) is 7.21. The molecule has 1 saturated carbocycles. The number of aromatic nitrogens is 3. The third-order valence-corrected chi connectivity index (χ3v) is 7.21. The van der Waals surface area contributed by atoms with Crippen molar-refractivity contribution in [3.63, 3.8) is 0 Å². The zero-order valence-electron chi connectivity index (χ0n) is 21.6. The van der Waals surface area contributed by atoms with Gasteiger partial charge in [-0.25, -0.2) is 0 Å². The van der Waals surface area contributed by atoms with Crippen LogP contribution in [0, 0.1) is 6.92 Å². The van der Waals surface area contributed by atoms with E-state index in [2.05, 4.69) is 15.4 Å². The first-order chi connectivity index (χ1) is 19.0. The van der Waals surface area contributed by atoms with Crippen molar-refractivity contribution < 1.29 is 23.6 Å². The van der Waals surface area contributed by atoms with Gasteiger partial charge in [-0.2, -0.15) is 0 Å². The van der Waals surface area contributed by atoms with Crippen LogP contribution in [-0.2, 0) is 14.9 Å². The Morgan fingerprint density at radius 2 is 1.56 bits per heavy atom. The highest BCUT2D eigenvalue weighted by molar-refractivity contribution is 5.87. The molecule has 0 amide bonds. The highest BCUT2D eigenvalue weighted by Crippen LogP contribution is 2.49. The zero-order valence-corrected chi connectivity index (χ0v) is 21.6. The molecule has 0 radical (unpaired) electrons. The molecule has 0 spiro atoms. The molecule has 0 bridgehead atoms. The number of rotatable bonds is 8. The van der Waals surface area contributed by atoms with Gasteiger partial charge < -0.3 is 18.8 Å². The molecule has 6 rings (SSSR count). The lowest BCUT2D eigenvalue weighted by Crippen LogP contribution is -2.23. The first kappa shape index (κ1) is 24.8. The minimum Gasteiger partial charge on any atom is -0.465 e. The van der Waals surface area contributed by atoms with Gasteiger partial charge in [0.25, 0.3) is 0 Å². The normalized spacial score (nSPS) is 14.6. The van der Waals surface area contributed by atoms with Gasteiger partial charge in [-0.15, -0.1) is 10.2 Å². The number of benzene rings is 3. The van der Waals surface area contributed by atoms with Crippen molar-refractivity contribution in [2.75, 3.05) is 6.61 Å². The van der Waals surface area contributed by atoms with Crippen LogP contribution in [0.15, 0.2) is 87.8 Å². The van der Waals surface area contributed by atoms with Gasteiger partial charge in [-0.05, 0) is 55.5 Å². The van der Waals surface area contributed by atoms with E-state index in [4.69, 9.17) is 13.7 Å². The van der Waals surface area contributed by atoms with Crippen molar-refractivity contribution in [3.8, 4) is 33.9 Å². The molecule has 2 heterocycles. The summed E-state index contributed by atoms with van der Waals surface area (Å²) in [5.41, 5.74) is 5.08. The van der Waals surface area contributed by atoms with Gasteiger partial charge in [0.1, 0.15) is 0 Å². The minimum absolute atomic E-state index is 0.0642. The lowest BCUT2D eigenvalue weighted by atomic mass is 9.93. The number of carbonyl (C=O) groups is 1. The second-order valence-corrected chi connectivity index (χ2v) is 9.68. The van der Waals surface area contributed by atoms with Gasteiger partial charge >= 0.3 is 5.97 Å². The number of carbonyl (C=O) groups excluding carboxylic acids is 1. The van der Waals surface area contributed by atoms with Crippen molar-refractivity contribution in [1.82, 2.24) is 15.4 Å². The molecular weight excluding hydrogens is 494 g/mol. The predicted octanol–water partition coefficient (Wildman–Crippen LogP) is 6.04. The van der Waals surface area contributed by atoms with E-state index in [9.17, 15) is 9.90 Å². The van der Waals surface area contributed by atoms with Crippen molar-refractivity contribution in [2.45, 2.75) is 38.2 Å². The fourth-order valence-corrected chi connectivity index (χ4v) is 4.87. The summed E-state index contributed by atoms with van der Waals surface area (Å²) in [6, 6.07) is 25.3. The number of hydrogen-bond acceptors (Lipinski definition) is 8. The van der Waals surface area contributed by atoms with Crippen LogP contribution >= 0.6 is 0 Å². The van der Waals surface area contributed by atoms with Gasteiger partial charge in [0.15, 0.2) is 11.9 Å². The van der Waals surface area contributed by atoms with Crippen LogP contribution < -0.4 is 0 Å². The van der Waals surface area contributed by atoms with Crippen LogP contribution in [0.3, 0.4) is 0 Å². The van der Waals surface area contributed by atoms with E-state index in [0.29, 0.717) is 29.5 Å². The molecule has 1 fully saturated rings. The maximum atomic E-state index is 12.4. The lowest BCUT2D eigenvalue weighted by molar-refractivity contribution is -0.146. The average Bonchev–Trinajstić information content (AvgIpc) is 3.48. The molecular formula is C31H27N3O5. The van der Waals surface area contributed by atoms with Crippen molar-refractivity contribution in [2.24, 2.45) is 0 Å². The number of ether oxygens (including phenoxy) is 1. The maximum absolute atomic E-state index is 12.4. The predicted molar refractivity (Wildman–Crippen MR) is 143 cm³/mol. The number of aliphatic hydroxyl groups excluding tert-OH is 1. The topological polar surface area (TPSA) is 111 Å². The van der Waals surface area contributed by atoms with Crippen LogP contribution in [0.5, 0.6) is 0 Å². The van der Waals surface area contributed by atoms with Gasteiger partial charge in [0.05, 0.1) is 23.3 Å². The molecule has 3 aromatic carbocycles. The fourth-order valence-electron chi connectivity index (χ4n) is 4.87. The van der Waals surface area contributed by atoms with Crippen LogP contribution in [0.25, 0.3) is 33.9 Å². The second kappa shape index (κ2) is 9.96. The van der Waals surface area contributed by atoms with Crippen LogP contribution in [0.4, 0.5) is 0 Å². The highest BCUT2D eigenvalue weighted by Gasteiger charge is 2.52. The van der Waals surface area contributed by atoms with Gasteiger partial charge in [0, 0.05) is 11.1 Å². The van der Waals surface area contributed by atoms with Gasteiger partial charge in [0.2, 0.25) is 11.8 Å². The third kappa shape index (κ3) is 4.53. The van der Waals surface area contributed by atoms with E-state index >= 15 is 0 Å². The number of aliphatic hydroxyl groups is 1. The lowest BCUT2D eigenvalue weighted by Gasteiger charge is -2.14. The smallest absolute Gasteiger partial charge is 0.316 e. The van der Waals surface area contributed by atoms with E-state index in [-0.39, 0.29) is 11.9 Å². The summed E-state index contributed by atoms with van der Waals surface area (Å²) in [5, 5.41) is 23.4. The summed E-state index contributed by atoms with van der Waals surface area (Å²) in [6.07, 6.45) is 0.446. The minimum atomic E-state index is -1.20. The molecule has 1 aliphatic carbocycles. The quantitative estimate of drug-likeness (QED) is 0.246. The van der Waals surface area contributed by atoms with Crippen LogP contribution in [0.2, 0.25) is 0 Å². The molecule has 1 aliphatic rings. The van der Waals surface area contributed by atoms with E-state index in [1.165, 1.54) is 0 Å². The number of nitrogens with zero attached hydrogens (tertiary/aromatic N) is 3. The molecule has 8 nitrogen and oxygen atoms in total. The molecule has 196 valence electrons. The number of aryl methyl sites for hydroxylation is 1. The van der Waals surface area contributed by atoms with Crippen LogP contribution in [0.1, 0.15) is 48.6 Å². The van der Waals surface area contributed by atoms with Crippen molar-refractivity contribution in [3.05, 3.63) is 102 Å². The molecule has 8 heteroatoms. The van der Waals surface area contributed by atoms with E-state index in [1.807, 2.05) is 85.8 Å². The first-order valence-electron chi connectivity index (χ1n) is 12.9. The molecule has 1 unspecified atom stereocenters. The Hall–Kier alpha value is -4.56. The summed E-state index contributed by atoms with van der Waals surface area (Å²) in [4.78, 5) is 12.4. The highest BCUT2D eigenvalue weighted by atomic mass is 16.5. The summed E-state index contributed by atoms with van der Waals surface area (Å²) in [5.74, 6) is 0.686. The number of esters is 1. The zero-order chi connectivity index (χ0) is 27.0. The Morgan fingerprint density at radius 1 is 0.923 bits per heavy atom. The van der Waals surface area contributed by atoms with Gasteiger partial charge in [-0.3, -0.25) is 4.79 Å².